The Labute approximate surface area is 127 Å². The number of nitrogens with zero attached hydrogens (tertiary/aromatic N) is 1. The maximum Gasteiger partial charge on any atom is 0.237 e. The number of carbonyl (C=O) groups excluding carboxylic acids is 2. The van der Waals surface area contributed by atoms with Crippen LogP contribution in [0.3, 0.4) is 0 Å². The second kappa shape index (κ2) is 7.09. The Hall–Kier alpha value is -1.07. The van der Waals surface area contributed by atoms with Crippen molar-refractivity contribution in [3.8, 4) is 0 Å². The van der Waals surface area contributed by atoms with Crippen molar-refractivity contribution in [2.24, 2.45) is 5.73 Å². The van der Waals surface area contributed by atoms with Crippen molar-refractivity contribution in [2.45, 2.75) is 44.6 Å². The first-order valence-corrected chi connectivity index (χ1v) is 8.07. The number of nitrogens with two attached hydrogens (primary N) is 1. The van der Waals surface area contributed by atoms with E-state index in [0.29, 0.717) is 12.8 Å². The van der Waals surface area contributed by atoms with Crippen LogP contribution in [0.25, 0.3) is 0 Å². The minimum Gasteiger partial charge on any atom is -0.368 e. The summed E-state index contributed by atoms with van der Waals surface area (Å²) >= 11 is 7.36. The number of hydrogen-bond donors (Lipinski definition) is 1. The van der Waals surface area contributed by atoms with Gasteiger partial charge in [0, 0.05) is 17.3 Å². The van der Waals surface area contributed by atoms with E-state index in [2.05, 4.69) is 0 Å². The van der Waals surface area contributed by atoms with Crippen molar-refractivity contribution in [1.82, 2.24) is 4.90 Å². The Morgan fingerprint density at radius 3 is 2.60 bits per heavy atom. The molecule has 0 unspecified atom stereocenters. The summed E-state index contributed by atoms with van der Waals surface area (Å²) in [6.45, 7) is 0.0364. The molecule has 1 heterocycles. The number of primary amides is 1. The average molecular weight is 315 g/mol. The van der Waals surface area contributed by atoms with Crippen molar-refractivity contribution in [2.75, 3.05) is 6.54 Å². The highest BCUT2D eigenvalue weighted by Crippen LogP contribution is 2.25. The van der Waals surface area contributed by atoms with Gasteiger partial charge in [0.15, 0.2) is 0 Å². The molecule has 0 bridgehead atoms. The van der Waals surface area contributed by atoms with Crippen LogP contribution in [0.2, 0.25) is 4.34 Å². The maximum atomic E-state index is 12.3. The zero-order valence-electron chi connectivity index (χ0n) is 11.3. The fraction of sp³-hybridized carbons (Fsp3) is 0.571. The summed E-state index contributed by atoms with van der Waals surface area (Å²) in [6.07, 6.45) is 5.26. The first-order chi connectivity index (χ1) is 9.56. The molecule has 110 valence electrons. The third-order valence-electron chi connectivity index (χ3n) is 3.63. The normalized spacial score (nSPS) is 15.4. The molecule has 2 N–H and O–H groups in total. The van der Waals surface area contributed by atoms with Crippen molar-refractivity contribution in [3.05, 3.63) is 21.3 Å². The minimum absolute atomic E-state index is 0.0141. The Bertz CT molecular complexity index is 483. The van der Waals surface area contributed by atoms with Gasteiger partial charge in [-0.2, -0.15) is 0 Å². The lowest BCUT2D eigenvalue weighted by Crippen LogP contribution is -2.44. The van der Waals surface area contributed by atoms with Gasteiger partial charge in [0.05, 0.1) is 10.9 Å². The average Bonchev–Trinajstić information content (AvgIpc) is 3.04. The first kappa shape index (κ1) is 15.3. The van der Waals surface area contributed by atoms with Gasteiger partial charge in [-0.3, -0.25) is 9.59 Å². The molecule has 0 radical (unpaired) electrons. The highest BCUT2D eigenvalue weighted by atomic mass is 35.5. The molecule has 0 spiro atoms. The molecule has 1 saturated carbocycles. The molecular formula is C14H19ClN2O2S. The highest BCUT2D eigenvalue weighted by Gasteiger charge is 2.27. The fourth-order valence-electron chi connectivity index (χ4n) is 2.66. The number of amides is 2. The molecule has 4 nitrogen and oxygen atoms in total. The van der Waals surface area contributed by atoms with Crippen molar-refractivity contribution in [1.29, 1.82) is 0 Å². The van der Waals surface area contributed by atoms with Gasteiger partial charge >= 0.3 is 0 Å². The third kappa shape index (κ3) is 4.21. The van der Waals surface area contributed by atoms with Crippen LogP contribution < -0.4 is 5.73 Å². The van der Waals surface area contributed by atoms with E-state index in [1.165, 1.54) is 11.3 Å². The van der Waals surface area contributed by atoms with E-state index >= 15 is 0 Å². The standard InChI is InChI=1S/C14H19ClN2O2S/c15-12-7-5-11(20-12)6-8-14(19)17(9-13(16)18)10-3-1-2-4-10/h5,7,10H,1-4,6,8-9H2,(H2,16,18). The predicted octanol–water partition coefficient (Wildman–Crippen LogP) is 2.59. The lowest BCUT2D eigenvalue weighted by Gasteiger charge is -2.27. The fourth-order valence-corrected chi connectivity index (χ4v) is 3.75. The largest absolute Gasteiger partial charge is 0.368 e. The molecular weight excluding hydrogens is 296 g/mol. The Morgan fingerprint density at radius 1 is 1.35 bits per heavy atom. The second-order valence-electron chi connectivity index (χ2n) is 5.13. The van der Waals surface area contributed by atoms with E-state index in [0.717, 1.165) is 34.9 Å². The Balaban J connectivity index is 1.93. The van der Waals surface area contributed by atoms with Crippen LogP contribution in [0.1, 0.15) is 37.0 Å². The molecule has 1 aliphatic carbocycles. The zero-order chi connectivity index (χ0) is 14.5. The SMILES string of the molecule is NC(=O)CN(C(=O)CCc1ccc(Cl)s1)C1CCCC1. The van der Waals surface area contributed by atoms with Gasteiger partial charge in [0.2, 0.25) is 11.8 Å². The predicted molar refractivity (Wildman–Crippen MR) is 80.8 cm³/mol. The smallest absolute Gasteiger partial charge is 0.237 e. The molecule has 1 aromatic rings. The molecule has 0 aromatic carbocycles. The lowest BCUT2D eigenvalue weighted by atomic mass is 10.1. The topological polar surface area (TPSA) is 63.4 Å². The Morgan fingerprint density at radius 2 is 2.05 bits per heavy atom. The number of rotatable bonds is 6. The van der Waals surface area contributed by atoms with Gasteiger partial charge < -0.3 is 10.6 Å². The molecule has 6 heteroatoms. The van der Waals surface area contributed by atoms with Crippen LogP contribution in [0.15, 0.2) is 12.1 Å². The summed E-state index contributed by atoms with van der Waals surface area (Å²) in [4.78, 5) is 26.3. The molecule has 1 fully saturated rings. The van der Waals surface area contributed by atoms with Gasteiger partial charge in [0.1, 0.15) is 0 Å². The van der Waals surface area contributed by atoms with Gasteiger partial charge in [-0.25, -0.2) is 0 Å². The van der Waals surface area contributed by atoms with Gasteiger partial charge in [0.25, 0.3) is 0 Å². The van der Waals surface area contributed by atoms with Crippen LogP contribution >= 0.6 is 22.9 Å². The number of halogens is 1. The van der Waals surface area contributed by atoms with Crippen molar-refractivity contribution < 1.29 is 9.59 Å². The van der Waals surface area contributed by atoms with Gasteiger partial charge in [-0.15, -0.1) is 11.3 Å². The third-order valence-corrected chi connectivity index (χ3v) is 4.92. The van der Waals surface area contributed by atoms with Crippen LogP contribution in [0.4, 0.5) is 0 Å². The first-order valence-electron chi connectivity index (χ1n) is 6.88. The monoisotopic (exact) mass is 314 g/mol. The molecule has 2 rings (SSSR count). The van der Waals surface area contributed by atoms with Crippen molar-refractivity contribution in [3.63, 3.8) is 0 Å². The molecule has 20 heavy (non-hydrogen) atoms. The van der Waals surface area contributed by atoms with Crippen LogP contribution in [-0.2, 0) is 16.0 Å². The summed E-state index contributed by atoms with van der Waals surface area (Å²) in [7, 11) is 0. The van der Waals surface area contributed by atoms with E-state index in [1.807, 2.05) is 12.1 Å². The van der Waals surface area contributed by atoms with Crippen LogP contribution in [-0.4, -0.2) is 29.3 Å². The summed E-state index contributed by atoms with van der Waals surface area (Å²) in [5, 5.41) is 0. The number of thiophene rings is 1. The molecule has 0 atom stereocenters. The zero-order valence-corrected chi connectivity index (χ0v) is 12.9. The lowest BCUT2D eigenvalue weighted by molar-refractivity contribution is -0.137. The summed E-state index contributed by atoms with van der Waals surface area (Å²) < 4.78 is 0.734. The van der Waals surface area contributed by atoms with E-state index in [4.69, 9.17) is 17.3 Å². The quantitative estimate of drug-likeness (QED) is 0.877. The Kier molecular flexibility index (Phi) is 5.43. The number of carbonyl (C=O) groups is 2. The summed E-state index contributed by atoms with van der Waals surface area (Å²) in [6, 6.07) is 3.96. The second-order valence-corrected chi connectivity index (χ2v) is 6.93. The highest BCUT2D eigenvalue weighted by molar-refractivity contribution is 7.16. The van der Waals surface area contributed by atoms with Gasteiger partial charge in [-0.05, 0) is 31.4 Å². The van der Waals surface area contributed by atoms with Crippen LogP contribution in [0, 0.1) is 0 Å². The number of aryl methyl sites for hydroxylation is 1. The van der Waals surface area contributed by atoms with Crippen LogP contribution in [0.5, 0.6) is 0 Å². The molecule has 1 aliphatic rings. The molecule has 0 aliphatic heterocycles. The van der Waals surface area contributed by atoms with E-state index in [-0.39, 0.29) is 18.5 Å². The minimum atomic E-state index is -0.440. The molecule has 2 amide bonds. The molecule has 1 aromatic heterocycles. The van der Waals surface area contributed by atoms with Crippen molar-refractivity contribution >= 4 is 34.8 Å². The van der Waals surface area contributed by atoms with Gasteiger partial charge in [-0.1, -0.05) is 24.4 Å². The summed E-state index contributed by atoms with van der Waals surface area (Å²) in [5.74, 6) is -0.426. The molecule has 0 saturated heterocycles. The van der Waals surface area contributed by atoms with E-state index in [1.54, 1.807) is 4.90 Å². The van der Waals surface area contributed by atoms with E-state index < -0.39 is 5.91 Å². The maximum absolute atomic E-state index is 12.3. The number of hydrogen-bond acceptors (Lipinski definition) is 3. The summed E-state index contributed by atoms with van der Waals surface area (Å²) in [5.41, 5.74) is 5.26. The van der Waals surface area contributed by atoms with E-state index in [9.17, 15) is 9.59 Å².